The number of aliphatic hydroxyl groups is 4. The normalized spacial score (nSPS) is 29.5. The second kappa shape index (κ2) is 18.2. The third kappa shape index (κ3) is 11.7. The van der Waals surface area contributed by atoms with Gasteiger partial charge in [-0.25, -0.2) is 23.3 Å². The first-order valence-corrected chi connectivity index (χ1v) is 19.7. The van der Waals surface area contributed by atoms with Crippen LogP contribution in [-0.4, -0.2) is 129 Å². The second-order valence-corrected chi connectivity index (χ2v) is 15.5. The Bertz CT molecular complexity index is 1750. The molecule has 4 rings (SSSR count). The molecule has 296 valence electrons. The fourth-order valence-corrected chi connectivity index (χ4v) is 8.30. The van der Waals surface area contributed by atoms with Crippen molar-refractivity contribution in [1.82, 2.24) is 24.0 Å². The van der Waals surface area contributed by atoms with Gasteiger partial charge in [0.05, 0.1) is 13.2 Å². The zero-order chi connectivity index (χ0) is 39.2. The van der Waals surface area contributed by atoms with E-state index in [9.17, 15) is 68.0 Å². The van der Waals surface area contributed by atoms with Crippen LogP contribution in [0.3, 0.4) is 0 Å². The lowest BCUT2D eigenvalue weighted by Gasteiger charge is -2.21. The van der Waals surface area contributed by atoms with Crippen LogP contribution in [-0.2, 0) is 40.8 Å². The number of nitrogens with zero attached hydrogens (tertiary/aromatic N) is 3. The number of hydrogen-bond donors (Lipinski definition) is 9. The molecule has 4 heterocycles. The summed E-state index contributed by atoms with van der Waals surface area (Å²) in [4.78, 5) is 81.9. The van der Waals surface area contributed by atoms with E-state index in [1.54, 1.807) is 0 Å². The number of aromatic amines is 2. The Hall–Kier alpha value is -2.51. The first kappa shape index (κ1) is 43.9. The number of nitrogens with one attached hydrogen (secondary N) is 2. The summed E-state index contributed by atoms with van der Waals surface area (Å²) < 4.78 is 65.2. The van der Waals surface area contributed by atoms with E-state index in [2.05, 4.69) is 43.3 Å². The molecule has 2 fully saturated rings. The summed E-state index contributed by atoms with van der Waals surface area (Å²) in [7, 11) is -17.4. The molecule has 0 aromatic carbocycles. The lowest BCUT2D eigenvalue weighted by Crippen LogP contribution is -2.37. The number of H-pyrrole nitrogens is 2. The molecule has 2 saturated heterocycles. The van der Waals surface area contributed by atoms with Crippen LogP contribution in [0.1, 0.15) is 33.2 Å². The molecule has 0 amide bonds. The Morgan fingerprint density at radius 2 is 1.00 bits per heavy atom. The highest BCUT2D eigenvalue weighted by Gasteiger charge is 2.49. The molecule has 9 N–H and O–H groups in total. The van der Waals surface area contributed by atoms with Gasteiger partial charge in [0.25, 0.3) is 11.1 Å². The average molecular weight is 812 g/mol. The number of ether oxygens (including phenoxy) is 2. The van der Waals surface area contributed by atoms with Crippen molar-refractivity contribution in [2.45, 2.75) is 69.9 Å². The maximum atomic E-state index is 12.2. The van der Waals surface area contributed by atoms with Gasteiger partial charge in [-0.05, 0) is 19.6 Å². The van der Waals surface area contributed by atoms with Crippen LogP contribution in [0.15, 0.2) is 43.7 Å². The highest BCUT2D eigenvalue weighted by atomic mass is 31.3. The standard InChI is InChI=1S/C18H25N4O20P3.C6H15N/c23-9-1-3-21(17(29)19-9)15-13(27)11(25)7(39-15)5-37-43(31,32)41-45(35,36)42-44(33,34)38-6-8-12(26)14(28)16(40-8)22-4-2-10(24)20-18(22)30;1-4-7(5-2)6-3/h1-4,7-8,11-16,25-28H,5-6H2,(H,31,32)(H,33,34)(H,35,36)(H,19,23,29)(H,20,24,30);4-6H2,1-3H3/t7-,8-,11-,12-,13-,14-,15-,16-;/m1./s1. The van der Waals surface area contributed by atoms with E-state index in [0.29, 0.717) is 9.13 Å². The van der Waals surface area contributed by atoms with Crippen LogP contribution in [0.5, 0.6) is 0 Å². The van der Waals surface area contributed by atoms with E-state index in [4.69, 9.17) is 9.47 Å². The van der Waals surface area contributed by atoms with Crippen molar-refractivity contribution in [1.29, 1.82) is 0 Å². The fraction of sp³-hybridized carbons (Fsp3) is 0.667. The summed E-state index contributed by atoms with van der Waals surface area (Å²) >= 11 is 0. The van der Waals surface area contributed by atoms with Gasteiger partial charge in [-0.15, -0.1) is 0 Å². The molecule has 0 radical (unpaired) electrons. The topological polar surface area (TPSA) is 361 Å². The summed E-state index contributed by atoms with van der Waals surface area (Å²) in [6.45, 7) is 7.86. The van der Waals surface area contributed by atoms with Crippen molar-refractivity contribution < 1.29 is 75.9 Å². The molecule has 0 saturated carbocycles. The van der Waals surface area contributed by atoms with Gasteiger partial charge in [0, 0.05) is 24.5 Å². The van der Waals surface area contributed by atoms with Crippen LogP contribution < -0.4 is 22.5 Å². The van der Waals surface area contributed by atoms with E-state index in [0.717, 1.165) is 24.5 Å². The number of rotatable bonds is 15. The molecule has 2 unspecified atom stereocenters. The van der Waals surface area contributed by atoms with Crippen molar-refractivity contribution in [2.75, 3.05) is 32.8 Å². The van der Waals surface area contributed by atoms with E-state index in [1.165, 1.54) is 19.6 Å². The van der Waals surface area contributed by atoms with Gasteiger partial charge in [-0.2, -0.15) is 8.62 Å². The number of phosphoric ester groups is 2. The lowest BCUT2D eigenvalue weighted by atomic mass is 10.1. The van der Waals surface area contributed by atoms with E-state index >= 15 is 0 Å². The van der Waals surface area contributed by atoms with Gasteiger partial charge in [0.2, 0.25) is 0 Å². The Kier molecular flexibility index (Phi) is 15.4. The van der Waals surface area contributed by atoms with Crippen molar-refractivity contribution in [3.05, 3.63) is 66.2 Å². The molecular formula is C24H40N5O20P3. The molecular weight excluding hydrogens is 771 g/mol. The molecule has 25 nitrogen and oxygen atoms in total. The molecule has 0 aliphatic carbocycles. The number of phosphoric acid groups is 3. The predicted molar refractivity (Wildman–Crippen MR) is 172 cm³/mol. The van der Waals surface area contributed by atoms with Crippen molar-refractivity contribution >= 4 is 23.5 Å². The number of aliphatic hydroxyl groups excluding tert-OH is 4. The molecule has 28 heteroatoms. The highest BCUT2D eigenvalue weighted by Crippen LogP contribution is 2.67. The van der Waals surface area contributed by atoms with E-state index in [-0.39, 0.29) is 0 Å². The summed E-state index contributed by atoms with van der Waals surface area (Å²) in [5.41, 5.74) is -3.65. The van der Waals surface area contributed by atoms with E-state index < -0.39 is 108 Å². The molecule has 10 atom stereocenters. The SMILES string of the molecule is CCN(CC)CC.O=c1ccn([C@@H]2O[C@H](COP(=O)(O)OP(=O)(O)OP(=O)(O)OC[C@H]3O[C@@H](n4ccc(=O)[nH]c4=O)[C@H](O)[C@@H]3O)[C@@H](O)[C@H]2O)c(=O)[nH]1. The Morgan fingerprint density at radius 3 is 1.29 bits per heavy atom. The third-order valence-corrected chi connectivity index (χ3v) is 11.7. The predicted octanol–water partition coefficient (Wildman–Crippen LogP) is -2.96. The maximum absolute atomic E-state index is 12.2. The minimum absolute atomic E-state index is 0.679. The average Bonchev–Trinajstić information content (AvgIpc) is 3.48. The zero-order valence-corrected chi connectivity index (χ0v) is 30.3. The monoisotopic (exact) mass is 811 g/mol. The summed E-state index contributed by atoms with van der Waals surface area (Å²) in [6.07, 6.45) is -12.1. The number of hydrogen-bond acceptors (Lipinski definition) is 18. The summed E-state index contributed by atoms with van der Waals surface area (Å²) in [5, 5.41) is 40.7. The van der Waals surface area contributed by atoms with Gasteiger partial charge in [0.1, 0.15) is 36.6 Å². The summed E-state index contributed by atoms with van der Waals surface area (Å²) in [6, 6.07) is 1.79. The van der Waals surface area contributed by atoms with Crippen molar-refractivity contribution in [3.63, 3.8) is 0 Å². The van der Waals surface area contributed by atoms with Crippen LogP contribution in [0.25, 0.3) is 0 Å². The zero-order valence-electron chi connectivity index (χ0n) is 27.6. The molecule has 2 aromatic rings. The first-order chi connectivity index (χ1) is 24.1. The Labute approximate surface area is 292 Å². The molecule has 2 aliphatic rings. The third-order valence-electron chi connectivity index (χ3n) is 7.48. The Balaban J connectivity index is 0.000000944. The quantitative estimate of drug-likeness (QED) is 0.0811. The molecule has 0 spiro atoms. The number of aromatic nitrogens is 4. The van der Waals surface area contributed by atoms with Crippen molar-refractivity contribution in [2.24, 2.45) is 0 Å². The summed E-state index contributed by atoms with van der Waals surface area (Å²) in [5.74, 6) is 0. The second-order valence-electron chi connectivity index (χ2n) is 10.9. The molecule has 2 aromatic heterocycles. The van der Waals surface area contributed by atoms with E-state index in [1.807, 2.05) is 9.97 Å². The minimum atomic E-state index is -6.00. The van der Waals surface area contributed by atoms with Gasteiger partial charge in [-0.3, -0.25) is 37.7 Å². The fourth-order valence-electron chi connectivity index (χ4n) is 4.78. The first-order valence-electron chi connectivity index (χ1n) is 15.2. The van der Waals surface area contributed by atoms with Crippen LogP contribution in [0, 0.1) is 0 Å². The lowest BCUT2D eigenvalue weighted by molar-refractivity contribution is -0.0549. The van der Waals surface area contributed by atoms with Crippen LogP contribution in [0.4, 0.5) is 0 Å². The van der Waals surface area contributed by atoms with Gasteiger partial charge >= 0.3 is 34.8 Å². The molecule has 2 aliphatic heterocycles. The molecule has 52 heavy (non-hydrogen) atoms. The van der Waals surface area contributed by atoms with Gasteiger partial charge in [-0.1, -0.05) is 20.8 Å². The van der Waals surface area contributed by atoms with Gasteiger partial charge in [0.15, 0.2) is 12.5 Å². The van der Waals surface area contributed by atoms with Crippen molar-refractivity contribution in [3.8, 4) is 0 Å². The largest absolute Gasteiger partial charge is 0.490 e. The highest BCUT2D eigenvalue weighted by molar-refractivity contribution is 7.66. The minimum Gasteiger partial charge on any atom is -0.387 e. The van der Waals surface area contributed by atoms with Crippen LogP contribution >= 0.6 is 23.5 Å². The molecule has 0 bridgehead atoms. The Morgan fingerprint density at radius 1 is 0.654 bits per heavy atom. The van der Waals surface area contributed by atoms with Gasteiger partial charge < -0.3 is 49.5 Å². The van der Waals surface area contributed by atoms with Crippen LogP contribution in [0.2, 0.25) is 0 Å². The smallest absolute Gasteiger partial charge is 0.387 e. The maximum Gasteiger partial charge on any atom is 0.490 e.